The number of benzene rings is 1. The number of pyridine rings is 1. The van der Waals surface area contributed by atoms with E-state index in [0.717, 1.165) is 62.8 Å². The van der Waals surface area contributed by atoms with E-state index in [1.165, 1.54) is 0 Å². The standard InChI is InChI=1S/C23H32N4O3/c1-2-24-23(26-11-6-13-29-21-10-14-28-18-21)27-16-20-9-12-25-22(15-20)30-17-19-7-4-3-5-8-19/h3-5,7-9,12,15,21H,2,6,10-11,13-14,16-18H2,1H3,(H2,24,26,27). The highest BCUT2D eigenvalue weighted by Gasteiger charge is 2.15. The SMILES string of the molecule is CCNC(=NCc1ccnc(OCc2ccccc2)c1)NCCCOC1CCOC1. The molecule has 0 bridgehead atoms. The Morgan fingerprint density at radius 2 is 2.10 bits per heavy atom. The number of rotatable bonds is 11. The third kappa shape index (κ3) is 8.00. The summed E-state index contributed by atoms with van der Waals surface area (Å²) < 4.78 is 16.9. The first-order valence-electron chi connectivity index (χ1n) is 10.7. The Morgan fingerprint density at radius 3 is 2.90 bits per heavy atom. The van der Waals surface area contributed by atoms with Crippen LogP contribution in [0, 0.1) is 0 Å². The minimum atomic E-state index is 0.261. The molecule has 7 heteroatoms. The summed E-state index contributed by atoms with van der Waals surface area (Å²) in [5.74, 6) is 1.41. The van der Waals surface area contributed by atoms with Crippen LogP contribution in [0.15, 0.2) is 53.7 Å². The number of aromatic nitrogens is 1. The van der Waals surface area contributed by atoms with Gasteiger partial charge in [0, 0.05) is 38.6 Å². The van der Waals surface area contributed by atoms with Gasteiger partial charge in [0.25, 0.3) is 0 Å². The molecule has 1 aromatic carbocycles. The van der Waals surface area contributed by atoms with Gasteiger partial charge in [-0.05, 0) is 37.0 Å². The molecular weight excluding hydrogens is 380 g/mol. The minimum Gasteiger partial charge on any atom is -0.473 e. The third-order valence-electron chi connectivity index (χ3n) is 4.65. The number of aliphatic imine (C=N–C) groups is 1. The maximum absolute atomic E-state index is 5.81. The number of guanidine groups is 1. The van der Waals surface area contributed by atoms with Gasteiger partial charge >= 0.3 is 0 Å². The lowest BCUT2D eigenvalue weighted by atomic mass is 10.2. The predicted octanol–water partition coefficient (Wildman–Crippen LogP) is 2.91. The summed E-state index contributed by atoms with van der Waals surface area (Å²) in [5, 5.41) is 6.64. The van der Waals surface area contributed by atoms with E-state index in [1.54, 1.807) is 6.20 Å². The van der Waals surface area contributed by atoms with Crippen molar-refractivity contribution in [3.8, 4) is 5.88 Å². The van der Waals surface area contributed by atoms with E-state index in [1.807, 2.05) is 42.5 Å². The Labute approximate surface area is 178 Å². The van der Waals surface area contributed by atoms with Crippen LogP contribution in [-0.4, -0.2) is 50.0 Å². The molecule has 0 radical (unpaired) electrons. The zero-order valence-corrected chi connectivity index (χ0v) is 17.7. The van der Waals surface area contributed by atoms with Crippen LogP contribution in [0.1, 0.15) is 30.9 Å². The molecule has 1 saturated heterocycles. The highest BCUT2D eigenvalue weighted by molar-refractivity contribution is 5.79. The second kappa shape index (κ2) is 12.8. The largest absolute Gasteiger partial charge is 0.473 e. The summed E-state index contributed by atoms with van der Waals surface area (Å²) in [6.07, 6.45) is 3.95. The van der Waals surface area contributed by atoms with Crippen LogP contribution in [0.4, 0.5) is 0 Å². The van der Waals surface area contributed by atoms with Crippen molar-refractivity contribution in [3.05, 3.63) is 59.8 Å². The smallest absolute Gasteiger partial charge is 0.213 e. The maximum atomic E-state index is 5.81. The summed E-state index contributed by atoms with van der Waals surface area (Å²) in [6.45, 7) is 6.99. The van der Waals surface area contributed by atoms with Gasteiger partial charge in [0.15, 0.2) is 5.96 Å². The molecule has 1 aromatic heterocycles. The normalized spacial score (nSPS) is 16.4. The number of ether oxygens (including phenoxy) is 3. The zero-order valence-electron chi connectivity index (χ0n) is 17.7. The summed E-state index contributed by atoms with van der Waals surface area (Å²) in [5.41, 5.74) is 2.17. The summed E-state index contributed by atoms with van der Waals surface area (Å²) in [7, 11) is 0. The highest BCUT2D eigenvalue weighted by atomic mass is 16.5. The molecule has 2 heterocycles. The van der Waals surface area contributed by atoms with Crippen molar-refractivity contribution in [2.45, 2.75) is 39.0 Å². The van der Waals surface area contributed by atoms with Gasteiger partial charge in [-0.3, -0.25) is 0 Å². The van der Waals surface area contributed by atoms with E-state index in [4.69, 9.17) is 14.2 Å². The molecule has 0 spiro atoms. The fourth-order valence-corrected chi connectivity index (χ4v) is 3.04. The van der Waals surface area contributed by atoms with E-state index in [0.29, 0.717) is 19.0 Å². The van der Waals surface area contributed by atoms with Crippen LogP contribution >= 0.6 is 0 Å². The summed E-state index contributed by atoms with van der Waals surface area (Å²) >= 11 is 0. The van der Waals surface area contributed by atoms with Crippen LogP contribution in [0.2, 0.25) is 0 Å². The van der Waals surface area contributed by atoms with Gasteiger partial charge in [-0.25, -0.2) is 9.98 Å². The molecule has 162 valence electrons. The Bertz CT molecular complexity index is 764. The van der Waals surface area contributed by atoms with E-state index in [-0.39, 0.29) is 6.10 Å². The first-order chi connectivity index (χ1) is 14.8. The molecule has 1 fully saturated rings. The van der Waals surface area contributed by atoms with Crippen molar-refractivity contribution in [3.63, 3.8) is 0 Å². The Hall–Kier alpha value is -2.64. The lowest BCUT2D eigenvalue weighted by Crippen LogP contribution is -2.38. The van der Waals surface area contributed by atoms with Gasteiger partial charge in [0.05, 0.1) is 19.3 Å². The average molecular weight is 413 g/mol. The molecule has 7 nitrogen and oxygen atoms in total. The molecule has 1 aliphatic rings. The van der Waals surface area contributed by atoms with Crippen molar-refractivity contribution in [1.82, 2.24) is 15.6 Å². The van der Waals surface area contributed by atoms with Crippen LogP contribution < -0.4 is 15.4 Å². The lowest BCUT2D eigenvalue weighted by Gasteiger charge is -2.13. The monoisotopic (exact) mass is 412 g/mol. The number of hydrogen-bond acceptors (Lipinski definition) is 5. The van der Waals surface area contributed by atoms with Gasteiger partial charge in [-0.15, -0.1) is 0 Å². The van der Waals surface area contributed by atoms with Crippen LogP contribution in [-0.2, 0) is 22.6 Å². The first kappa shape index (κ1) is 22.1. The molecule has 1 aliphatic heterocycles. The van der Waals surface area contributed by atoms with Crippen LogP contribution in [0.5, 0.6) is 5.88 Å². The van der Waals surface area contributed by atoms with E-state index in [9.17, 15) is 0 Å². The molecule has 2 N–H and O–H groups in total. The second-order valence-corrected chi connectivity index (χ2v) is 7.11. The van der Waals surface area contributed by atoms with Gasteiger partial charge in [-0.1, -0.05) is 30.3 Å². The number of nitrogens with one attached hydrogen (secondary N) is 2. The first-order valence-corrected chi connectivity index (χ1v) is 10.7. The Balaban J connectivity index is 1.42. The van der Waals surface area contributed by atoms with E-state index >= 15 is 0 Å². The van der Waals surface area contributed by atoms with Crippen LogP contribution in [0.25, 0.3) is 0 Å². The fourth-order valence-electron chi connectivity index (χ4n) is 3.04. The van der Waals surface area contributed by atoms with E-state index < -0.39 is 0 Å². The molecular formula is C23H32N4O3. The van der Waals surface area contributed by atoms with Crippen molar-refractivity contribution in [2.24, 2.45) is 4.99 Å². The maximum Gasteiger partial charge on any atom is 0.213 e. The van der Waals surface area contributed by atoms with Crippen molar-refractivity contribution < 1.29 is 14.2 Å². The van der Waals surface area contributed by atoms with Gasteiger partial charge < -0.3 is 24.8 Å². The molecule has 0 aliphatic carbocycles. The van der Waals surface area contributed by atoms with E-state index in [2.05, 4.69) is 27.5 Å². The molecule has 0 amide bonds. The molecule has 0 saturated carbocycles. The lowest BCUT2D eigenvalue weighted by molar-refractivity contribution is 0.0420. The molecule has 1 unspecified atom stereocenters. The molecule has 30 heavy (non-hydrogen) atoms. The van der Waals surface area contributed by atoms with Crippen molar-refractivity contribution >= 4 is 5.96 Å². The topological polar surface area (TPSA) is 77.0 Å². The fraction of sp³-hybridized carbons (Fsp3) is 0.478. The summed E-state index contributed by atoms with van der Waals surface area (Å²) in [4.78, 5) is 8.96. The van der Waals surface area contributed by atoms with Crippen molar-refractivity contribution in [1.29, 1.82) is 0 Å². The quantitative estimate of drug-likeness (QED) is 0.336. The zero-order chi connectivity index (χ0) is 20.9. The predicted molar refractivity (Wildman–Crippen MR) is 118 cm³/mol. The highest BCUT2D eigenvalue weighted by Crippen LogP contribution is 2.12. The van der Waals surface area contributed by atoms with Gasteiger partial charge in [0.2, 0.25) is 5.88 Å². The van der Waals surface area contributed by atoms with Gasteiger partial charge in [0.1, 0.15) is 6.61 Å². The Kier molecular flexibility index (Phi) is 9.43. The Morgan fingerprint density at radius 1 is 1.20 bits per heavy atom. The number of nitrogens with zero attached hydrogens (tertiary/aromatic N) is 2. The van der Waals surface area contributed by atoms with Gasteiger partial charge in [-0.2, -0.15) is 0 Å². The van der Waals surface area contributed by atoms with Crippen LogP contribution in [0.3, 0.4) is 0 Å². The summed E-state index contributed by atoms with van der Waals surface area (Å²) in [6, 6.07) is 14.0. The third-order valence-corrected chi connectivity index (χ3v) is 4.65. The minimum absolute atomic E-state index is 0.261. The second-order valence-electron chi connectivity index (χ2n) is 7.11. The molecule has 3 rings (SSSR count). The molecule has 2 aromatic rings. The molecule has 1 atom stereocenters. The average Bonchev–Trinajstić information content (AvgIpc) is 3.30. The van der Waals surface area contributed by atoms with Crippen molar-refractivity contribution in [2.75, 3.05) is 32.9 Å². The number of hydrogen-bond donors (Lipinski definition) is 2.